The van der Waals surface area contributed by atoms with Gasteiger partial charge in [0.25, 0.3) is 11.8 Å². The molecule has 0 aliphatic carbocycles. The minimum atomic E-state index is -1.17. The van der Waals surface area contributed by atoms with Gasteiger partial charge in [-0.05, 0) is 23.3 Å². The van der Waals surface area contributed by atoms with Crippen LogP contribution in [0, 0.1) is 0 Å². The number of hydrogen-bond acceptors (Lipinski definition) is 8. The van der Waals surface area contributed by atoms with E-state index >= 15 is 0 Å². The van der Waals surface area contributed by atoms with E-state index in [4.69, 9.17) is 40.5 Å². The summed E-state index contributed by atoms with van der Waals surface area (Å²) in [5.74, 6) is -2.02. The van der Waals surface area contributed by atoms with Crippen LogP contribution in [-0.2, 0) is 32.1 Å². The highest BCUT2D eigenvalue weighted by molar-refractivity contribution is 8.01. The first-order chi connectivity index (χ1) is 19.5. The van der Waals surface area contributed by atoms with Crippen LogP contribution in [0.15, 0.2) is 52.8 Å². The number of aliphatic carboxylic acids is 2. The zero-order chi connectivity index (χ0) is 29.7. The van der Waals surface area contributed by atoms with Gasteiger partial charge in [-0.1, -0.05) is 35.4 Å². The largest absolute Gasteiger partial charge is 0.481 e. The van der Waals surface area contributed by atoms with Gasteiger partial charge in [0.15, 0.2) is 12.4 Å². The summed E-state index contributed by atoms with van der Waals surface area (Å²) in [4.78, 5) is 54.2. The van der Waals surface area contributed by atoms with Crippen molar-refractivity contribution in [2.24, 2.45) is 0 Å². The summed E-state index contributed by atoms with van der Waals surface area (Å²) in [6.07, 6.45) is 3.57. The summed E-state index contributed by atoms with van der Waals surface area (Å²) in [6.45, 7) is 0.0957. The maximum atomic E-state index is 13.0. The minimum absolute atomic E-state index is 0.00746. The van der Waals surface area contributed by atoms with E-state index in [1.54, 1.807) is 41.2 Å². The van der Waals surface area contributed by atoms with Crippen molar-refractivity contribution in [3.05, 3.63) is 63.8 Å². The second kappa shape index (κ2) is 13.8. The second-order valence-electron chi connectivity index (χ2n) is 9.00. The van der Waals surface area contributed by atoms with Crippen molar-refractivity contribution in [1.29, 1.82) is 0 Å². The molecule has 216 valence electrons. The Bertz CT molecular complexity index is 1400. The zero-order valence-electron chi connectivity index (χ0n) is 21.2. The van der Waals surface area contributed by atoms with Gasteiger partial charge in [-0.3, -0.25) is 19.3 Å². The number of rotatable bonds is 12. The van der Waals surface area contributed by atoms with Gasteiger partial charge in [0.2, 0.25) is 6.54 Å². The van der Waals surface area contributed by atoms with Gasteiger partial charge in [-0.25, -0.2) is 9.78 Å². The fourth-order valence-electron chi connectivity index (χ4n) is 4.17. The number of halogens is 2. The number of carboxylic acids is 2. The van der Waals surface area contributed by atoms with Crippen LogP contribution >= 0.6 is 58.9 Å². The average molecular weight is 658 g/mol. The third-order valence-corrected chi connectivity index (χ3v) is 9.10. The highest BCUT2D eigenvalue weighted by Gasteiger charge is 2.53. The fraction of sp³-hybridized carbons (Fsp3) is 0.320. The van der Waals surface area contributed by atoms with Gasteiger partial charge >= 0.3 is 11.9 Å². The van der Waals surface area contributed by atoms with E-state index < -0.39 is 23.4 Å². The summed E-state index contributed by atoms with van der Waals surface area (Å²) in [5, 5.41) is 24.3. The average Bonchev–Trinajstić information content (AvgIpc) is 2.89. The van der Waals surface area contributed by atoms with Crippen LogP contribution < -0.4 is 15.2 Å². The molecule has 1 fully saturated rings. The van der Waals surface area contributed by atoms with E-state index in [-0.39, 0.29) is 47.3 Å². The Balaban J connectivity index is 1.33. The summed E-state index contributed by atoms with van der Waals surface area (Å²) in [6, 6.07) is 6.22. The molecule has 2 aromatic rings. The van der Waals surface area contributed by atoms with Crippen LogP contribution in [0.3, 0.4) is 0 Å². The van der Waals surface area contributed by atoms with E-state index in [1.807, 2.05) is 0 Å². The van der Waals surface area contributed by atoms with Crippen molar-refractivity contribution in [3.8, 4) is 0 Å². The number of hydrogen-bond donors (Lipinski definition) is 4. The molecule has 0 saturated carbocycles. The predicted octanol–water partition coefficient (Wildman–Crippen LogP) is 2.14. The predicted molar refractivity (Wildman–Crippen MR) is 158 cm³/mol. The molecular weight excluding hydrogens is 633 g/mol. The quantitative estimate of drug-likeness (QED) is 0.0874. The van der Waals surface area contributed by atoms with Crippen LogP contribution in [0.2, 0.25) is 10.3 Å². The van der Waals surface area contributed by atoms with E-state index in [0.717, 1.165) is 10.5 Å². The van der Waals surface area contributed by atoms with E-state index in [2.05, 4.69) is 15.6 Å². The SMILES string of the molecule is O=C(O)CCNC(=O)C[n+]1ccc(SCC2=C(C(=O)O)N3C(=O)[C@@H](NC(=S)Cc4cc(Cl)nc(Cl)c4)[C@H]3SC2)cc1. The van der Waals surface area contributed by atoms with E-state index in [1.165, 1.54) is 28.4 Å². The lowest BCUT2D eigenvalue weighted by Gasteiger charge is -2.49. The number of carbonyl (C=O) groups is 4. The van der Waals surface area contributed by atoms with Crippen molar-refractivity contribution in [1.82, 2.24) is 20.5 Å². The Hall–Kier alpha value is -2.91. The van der Waals surface area contributed by atoms with Crippen molar-refractivity contribution < 1.29 is 34.0 Å². The standard InChI is InChI=1S/C25H23Cl2N5O6S3/c26-16-7-13(8-17(27)29-16)9-19(39)30-21-23(36)32-22(25(37)38)14(12-41-24(21)32)11-40-15-2-5-31(6-3-15)10-18(33)28-4-1-20(34)35/h2-3,5-8,21,24H,1,4,9-12H2,(H3-,28,30,33,34,35,37,38,39)/p+1/t21-,24-/m1/s1. The third-order valence-electron chi connectivity index (χ3n) is 6.01. The number of amides is 2. The molecule has 0 spiro atoms. The number of β-lactam (4-membered cyclic amide) rings is 1. The second-order valence-corrected chi connectivity index (χ2v) is 12.4. The highest BCUT2D eigenvalue weighted by Crippen LogP contribution is 2.41. The molecule has 0 unspecified atom stereocenters. The highest BCUT2D eigenvalue weighted by atomic mass is 35.5. The first kappa shape index (κ1) is 31.0. The Morgan fingerprint density at radius 3 is 2.51 bits per heavy atom. The molecule has 1 saturated heterocycles. The smallest absolute Gasteiger partial charge is 0.352 e. The van der Waals surface area contributed by atoms with Crippen LogP contribution in [0.25, 0.3) is 0 Å². The number of carbonyl (C=O) groups excluding carboxylic acids is 2. The van der Waals surface area contributed by atoms with Gasteiger partial charge in [0, 0.05) is 41.5 Å². The molecule has 4 N–H and O–H groups in total. The number of fused-ring (bicyclic) bond motifs is 1. The van der Waals surface area contributed by atoms with Crippen LogP contribution in [0.1, 0.15) is 12.0 Å². The monoisotopic (exact) mass is 656 g/mol. The fourth-order valence-corrected chi connectivity index (χ4v) is 7.34. The number of nitrogens with one attached hydrogen (secondary N) is 2. The molecule has 41 heavy (non-hydrogen) atoms. The van der Waals surface area contributed by atoms with Gasteiger partial charge in [0.05, 0.1) is 11.4 Å². The Morgan fingerprint density at radius 2 is 1.88 bits per heavy atom. The summed E-state index contributed by atoms with van der Waals surface area (Å²) >= 11 is 20.2. The molecule has 2 atom stereocenters. The van der Waals surface area contributed by atoms with Crippen molar-refractivity contribution in [3.63, 3.8) is 0 Å². The molecule has 16 heteroatoms. The summed E-state index contributed by atoms with van der Waals surface area (Å²) < 4.78 is 1.65. The number of thioether (sulfide) groups is 2. The first-order valence-electron chi connectivity index (χ1n) is 12.1. The third kappa shape index (κ3) is 8.10. The van der Waals surface area contributed by atoms with Crippen LogP contribution in [0.4, 0.5) is 0 Å². The van der Waals surface area contributed by atoms with Crippen molar-refractivity contribution in [2.75, 3.05) is 18.1 Å². The van der Waals surface area contributed by atoms with Crippen molar-refractivity contribution in [2.45, 2.75) is 35.7 Å². The Kier molecular flexibility index (Phi) is 10.5. The number of carboxylic acid groups (broad SMARTS) is 2. The summed E-state index contributed by atoms with van der Waals surface area (Å²) in [7, 11) is 0. The van der Waals surface area contributed by atoms with Crippen molar-refractivity contribution >= 4 is 87.7 Å². The van der Waals surface area contributed by atoms with Gasteiger partial charge in [-0.15, -0.1) is 23.5 Å². The number of nitrogens with zero attached hydrogens (tertiary/aromatic N) is 3. The lowest BCUT2D eigenvalue weighted by molar-refractivity contribution is -0.684. The molecule has 2 aromatic heterocycles. The maximum absolute atomic E-state index is 13.0. The minimum Gasteiger partial charge on any atom is -0.481 e. The van der Waals surface area contributed by atoms with Gasteiger partial charge in [-0.2, -0.15) is 4.57 Å². The first-order valence-corrected chi connectivity index (χ1v) is 15.3. The van der Waals surface area contributed by atoms with Crippen LogP contribution in [0.5, 0.6) is 0 Å². The normalized spacial score (nSPS) is 17.9. The molecule has 2 amide bonds. The molecule has 2 aliphatic rings. The summed E-state index contributed by atoms with van der Waals surface area (Å²) in [5.41, 5.74) is 1.36. The zero-order valence-corrected chi connectivity index (χ0v) is 25.2. The number of thiocarbonyl (C=S) groups is 1. The molecule has 0 bridgehead atoms. The maximum Gasteiger partial charge on any atom is 0.352 e. The molecular formula is C25H24Cl2N5O6S3+. The molecule has 11 nitrogen and oxygen atoms in total. The lowest BCUT2D eigenvalue weighted by Crippen LogP contribution is -2.70. The Labute approximate surface area is 258 Å². The molecule has 0 aromatic carbocycles. The molecule has 2 aliphatic heterocycles. The topological polar surface area (TPSA) is 153 Å². The number of pyridine rings is 2. The van der Waals surface area contributed by atoms with Crippen LogP contribution in [-0.4, -0.2) is 78.3 Å². The molecule has 0 radical (unpaired) electrons. The van der Waals surface area contributed by atoms with E-state index in [0.29, 0.717) is 28.5 Å². The lowest BCUT2D eigenvalue weighted by atomic mass is 10.0. The van der Waals surface area contributed by atoms with Gasteiger partial charge in [0.1, 0.15) is 27.4 Å². The number of aromatic nitrogens is 2. The Morgan fingerprint density at radius 1 is 1.20 bits per heavy atom. The van der Waals surface area contributed by atoms with Gasteiger partial charge < -0.3 is 20.8 Å². The molecule has 4 heterocycles. The van der Waals surface area contributed by atoms with E-state index in [9.17, 15) is 24.3 Å². The molecule has 4 rings (SSSR count).